The molecule has 4 nitrogen and oxygen atoms in total. The molecule has 2 rings (SSSR count). The number of rotatable bonds is 2. The lowest BCUT2D eigenvalue weighted by atomic mass is 10.00. The summed E-state index contributed by atoms with van der Waals surface area (Å²) in [5, 5.41) is 1.88. The van der Waals surface area contributed by atoms with Crippen LogP contribution in [0.25, 0.3) is 0 Å². The maximum absolute atomic E-state index is 12.1. The molecule has 1 aliphatic rings. The van der Waals surface area contributed by atoms with Crippen molar-refractivity contribution in [2.24, 2.45) is 10.9 Å². The molecule has 0 atom stereocenters. The molecule has 1 saturated heterocycles. The molecule has 1 aromatic rings. The number of thiophene rings is 1. The summed E-state index contributed by atoms with van der Waals surface area (Å²) < 4.78 is 5.75. The van der Waals surface area contributed by atoms with Gasteiger partial charge in [0.25, 0.3) is 11.9 Å². The van der Waals surface area contributed by atoms with Gasteiger partial charge >= 0.3 is 0 Å². The van der Waals surface area contributed by atoms with Crippen LogP contribution in [0.2, 0.25) is 0 Å². The van der Waals surface area contributed by atoms with Gasteiger partial charge < -0.3 is 9.64 Å². The van der Waals surface area contributed by atoms with E-state index in [0.717, 1.165) is 31.8 Å². The Bertz CT molecular complexity index is 460. The lowest BCUT2D eigenvalue weighted by molar-refractivity contribution is 0.0988. The summed E-state index contributed by atoms with van der Waals surface area (Å²) in [6.07, 6.45) is 2.26. The molecule has 2 heterocycles. The number of carbonyl (C=O) groups is 1. The standard InChI is InChI=1S/C15H22N2O2S/c1-11(2)19-15(17-8-6-12(3)7-9-17)16-14(18)13-5-4-10-20-13/h4-5,10-12H,6-9H2,1-3H3. The molecule has 0 aliphatic carbocycles. The van der Waals surface area contributed by atoms with Crippen molar-refractivity contribution in [1.82, 2.24) is 4.90 Å². The summed E-state index contributed by atoms with van der Waals surface area (Å²) in [6, 6.07) is 4.13. The number of carbonyl (C=O) groups excluding carboxylic acids is 1. The van der Waals surface area contributed by atoms with Gasteiger partial charge in [-0.15, -0.1) is 11.3 Å². The Morgan fingerprint density at radius 2 is 2.15 bits per heavy atom. The number of amidine groups is 1. The van der Waals surface area contributed by atoms with Crippen LogP contribution in [-0.4, -0.2) is 36.0 Å². The number of amides is 1. The molecule has 0 aromatic carbocycles. The van der Waals surface area contributed by atoms with Crippen LogP contribution in [0, 0.1) is 5.92 Å². The number of aliphatic imine (C=N–C) groups is 1. The van der Waals surface area contributed by atoms with Crippen molar-refractivity contribution in [3.63, 3.8) is 0 Å². The number of ether oxygens (including phenoxy) is 1. The van der Waals surface area contributed by atoms with Crippen LogP contribution in [0.1, 0.15) is 43.3 Å². The van der Waals surface area contributed by atoms with E-state index in [-0.39, 0.29) is 12.0 Å². The molecule has 110 valence electrons. The molecular formula is C15H22N2O2S. The third kappa shape index (κ3) is 4.07. The van der Waals surface area contributed by atoms with Crippen LogP contribution in [0.15, 0.2) is 22.5 Å². The Kier molecular flexibility index (Phi) is 5.17. The van der Waals surface area contributed by atoms with Crippen LogP contribution in [0.3, 0.4) is 0 Å². The van der Waals surface area contributed by atoms with Crippen LogP contribution >= 0.6 is 11.3 Å². The molecule has 1 fully saturated rings. The van der Waals surface area contributed by atoms with Gasteiger partial charge in [-0.25, -0.2) is 0 Å². The highest BCUT2D eigenvalue weighted by molar-refractivity contribution is 7.12. The Balaban J connectivity index is 2.12. The van der Waals surface area contributed by atoms with Gasteiger partial charge in [-0.05, 0) is 44.1 Å². The maximum atomic E-state index is 12.1. The van der Waals surface area contributed by atoms with Crippen molar-refractivity contribution in [2.75, 3.05) is 13.1 Å². The number of piperidine rings is 1. The van der Waals surface area contributed by atoms with Crippen molar-refractivity contribution < 1.29 is 9.53 Å². The Labute approximate surface area is 124 Å². The molecule has 0 bridgehead atoms. The van der Waals surface area contributed by atoms with E-state index in [4.69, 9.17) is 4.74 Å². The Morgan fingerprint density at radius 1 is 1.45 bits per heavy atom. The minimum absolute atomic E-state index is 0.0178. The summed E-state index contributed by atoms with van der Waals surface area (Å²) in [5.74, 6) is 0.522. The minimum Gasteiger partial charge on any atom is -0.462 e. The zero-order valence-electron chi connectivity index (χ0n) is 12.3. The van der Waals surface area contributed by atoms with Crippen LogP contribution in [0.4, 0.5) is 0 Å². The number of hydrogen-bond donors (Lipinski definition) is 0. The topological polar surface area (TPSA) is 41.9 Å². The van der Waals surface area contributed by atoms with Crippen LogP contribution in [-0.2, 0) is 4.74 Å². The van der Waals surface area contributed by atoms with Gasteiger partial charge in [-0.2, -0.15) is 4.99 Å². The SMILES string of the molecule is CC1CCN(C(=NC(=O)c2cccs2)OC(C)C)CC1. The van der Waals surface area contributed by atoms with E-state index in [1.807, 2.05) is 25.3 Å². The first-order chi connectivity index (χ1) is 9.56. The highest BCUT2D eigenvalue weighted by Gasteiger charge is 2.22. The summed E-state index contributed by atoms with van der Waals surface area (Å²) in [7, 11) is 0. The first kappa shape index (κ1) is 15.0. The van der Waals surface area contributed by atoms with E-state index >= 15 is 0 Å². The maximum Gasteiger partial charge on any atom is 0.295 e. The van der Waals surface area contributed by atoms with Gasteiger partial charge in [0.2, 0.25) is 0 Å². The highest BCUT2D eigenvalue weighted by Crippen LogP contribution is 2.18. The first-order valence-corrected chi connectivity index (χ1v) is 8.02. The average molecular weight is 294 g/mol. The fraction of sp³-hybridized carbons (Fsp3) is 0.600. The normalized spacial score (nSPS) is 17.6. The van der Waals surface area contributed by atoms with E-state index in [9.17, 15) is 4.79 Å². The van der Waals surface area contributed by atoms with Gasteiger partial charge in [0.05, 0.1) is 11.0 Å². The molecule has 1 amide bonds. The van der Waals surface area contributed by atoms with E-state index in [2.05, 4.69) is 16.8 Å². The molecule has 0 spiro atoms. The van der Waals surface area contributed by atoms with Crippen molar-refractivity contribution in [1.29, 1.82) is 0 Å². The van der Waals surface area contributed by atoms with Crippen LogP contribution in [0.5, 0.6) is 0 Å². The summed E-state index contributed by atoms with van der Waals surface area (Å²) in [6.45, 7) is 7.98. The highest BCUT2D eigenvalue weighted by atomic mass is 32.1. The van der Waals surface area contributed by atoms with Crippen molar-refractivity contribution in [3.8, 4) is 0 Å². The second kappa shape index (κ2) is 6.88. The molecule has 0 N–H and O–H groups in total. The minimum atomic E-state index is -0.214. The lowest BCUT2D eigenvalue weighted by Gasteiger charge is -2.32. The predicted molar refractivity (Wildman–Crippen MR) is 82.3 cm³/mol. The van der Waals surface area contributed by atoms with Gasteiger partial charge in [0.15, 0.2) is 0 Å². The van der Waals surface area contributed by atoms with Gasteiger partial charge in [-0.1, -0.05) is 13.0 Å². The van der Waals surface area contributed by atoms with Crippen molar-refractivity contribution in [2.45, 2.75) is 39.7 Å². The third-order valence-corrected chi connectivity index (χ3v) is 4.18. The zero-order chi connectivity index (χ0) is 14.5. The Morgan fingerprint density at radius 3 is 2.70 bits per heavy atom. The van der Waals surface area contributed by atoms with E-state index in [0.29, 0.717) is 10.9 Å². The molecule has 1 aliphatic heterocycles. The third-order valence-electron chi connectivity index (χ3n) is 3.32. The molecular weight excluding hydrogens is 272 g/mol. The number of hydrogen-bond acceptors (Lipinski definition) is 3. The summed E-state index contributed by atoms with van der Waals surface area (Å²) in [4.78, 5) is 19.1. The summed E-state index contributed by atoms with van der Waals surface area (Å²) >= 11 is 1.41. The smallest absolute Gasteiger partial charge is 0.295 e. The molecule has 20 heavy (non-hydrogen) atoms. The monoisotopic (exact) mass is 294 g/mol. The average Bonchev–Trinajstić information content (AvgIpc) is 2.92. The number of nitrogens with zero attached hydrogens (tertiary/aromatic N) is 2. The predicted octanol–water partition coefficient (Wildman–Crippen LogP) is 3.40. The Hall–Kier alpha value is -1.36. The summed E-state index contributed by atoms with van der Waals surface area (Å²) in [5.41, 5.74) is 0. The van der Waals surface area contributed by atoms with Crippen molar-refractivity contribution >= 4 is 23.3 Å². The first-order valence-electron chi connectivity index (χ1n) is 7.14. The van der Waals surface area contributed by atoms with E-state index in [1.165, 1.54) is 11.3 Å². The molecule has 0 saturated carbocycles. The quantitative estimate of drug-likeness (QED) is 0.620. The number of likely N-dealkylation sites (tertiary alicyclic amines) is 1. The molecule has 0 radical (unpaired) electrons. The molecule has 0 unspecified atom stereocenters. The van der Waals surface area contributed by atoms with Gasteiger partial charge in [0.1, 0.15) is 0 Å². The zero-order valence-corrected chi connectivity index (χ0v) is 13.2. The van der Waals surface area contributed by atoms with Crippen molar-refractivity contribution in [3.05, 3.63) is 22.4 Å². The fourth-order valence-electron chi connectivity index (χ4n) is 2.12. The largest absolute Gasteiger partial charge is 0.462 e. The second-order valence-corrected chi connectivity index (χ2v) is 6.46. The van der Waals surface area contributed by atoms with E-state index in [1.54, 1.807) is 6.07 Å². The van der Waals surface area contributed by atoms with E-state index < -0.39 is 0 Å². The van der Waals surface area contributed by atoms with Gasteiger partial charge in [0, 0.05) is 13.1 Å². The van der Waals surface area contributed by atoms with Crippen LogP contribution < -0.4 is 0 Å². The second-order valence-electron chi connectivity index (χ2n) is 5.51. The van der Waals surface area contributed by atoms with Gasteiger partial charge in [-0.3, -0.25) is 4.79 Å². The molecule has 1 aromatic heterocycles. The molecule has 5 heteroatoms. The lowest BCUT2D eigenvalue weighted by Crippen LogP contribution is -2.40. The fourth-order valence-corrected chi connectivity index (χ4v) is 2.73.